The first-order valence-electron chi connectivity index (χ1n) is 6.89. The van der Waals surface area contributed by atoms with Crippen molar-refractivity contribution in [1.82, 2.24) is 14.8 Å². The van der Waals surface area contributed by atoms with Gasteiger partial charge in [-0.15, -0.1) is 11.3 Å². The Morgan fingerprint density at radius 2 is 2.14 bits per heavy atom. The minimum atomic E-state index is -0.401. The molecule has 0 bridgehead atoms. The molecule has 3 aromatic rings. The zero-order valence-corrected chi connectivity index (χ0v) is 12.9. The van der Waals surface area contributed by atoms with Crippen LogP contribution < -0.4 is 0 Å². The van der Waals surface area contributed by atoms with E-state index < -0.39 is 5.97 Å². The van der Waals surface area contributed by atoms with Gasteiger partial charge in [0.05, 0.1) is 6.54 Å². The summed E-state index contributed by atoms with van der Waals surface area (Å²) in [6, 6.07) is 9.88. The molecule has 0 aliphatic heterocycles. The summed E-state index contributed by atoms with van der Waals surface area (Å²) in [5.41, 5.74) is 2.55. The molecule has 0 radical (unpaired) electrons. The van der Waals surface area contributed by atoms with Crippen LogP contribution in [0.2, 0.25) is 0 Å². The maximum Gasteiger partial charge on any atom is 0.357 e. The Morgan fingerprint density at radius 3 is 2.86 bits per heavy atom. The molecule has 5 nitrogen and oxygen atoms in total. The molecule has 0 saturated heterocycles. The van der Waals surface area contributed by atoms with Gasteiger partial charge < -0.3 is 4.74 Å². The summed E-state index contributed by atoms with van der Waals surface area (Å²) < 4.78 is 6.93. The average Bonchev–Trinajstić information content (AvgIpc) is 3.19. The topological polar surface area (TPSA) is 57.0 Å². The molecule has 0 atom stereocenters. The Bertz CT molecular complexity index is 748. The van der Waals surface area contributed by atoms with E-state index >= 15 is 0 Å². The number of aromatic nitrogens is 3. The lowest BCUT2D eigenvalue weighted by molar-refractivity contribution is 0.0482. The highest BCUT2D eigenvalue weighted by atomic mass is 32.1. The van der Waals surface area contributed by atoms with Crippen molar-refractivity contribution < 1.29 is 9.53 Å². The summed E-state index contributed by atoms with van der Waals surface area (Å²) in [6.45, 7) is 2.85. The smallest absolute Gasteiger partial charge is 0.357 e. The molecule has 0 N–H and O–H groups in total. The zero-order chi connectivity index (χ0) is 15.4. The highest BCUT2D eigenvalue weighted by Gasteiger charge is 2.13. The molecule has 6 heteroatoms. The number of carbonyl (C=O) groups excluding carboxylic acids is 1. The largest absolute Gasteiger partial charge is 0.459 e. The van der Waals surface area contributed by atoms with Gasteiger partial charge in [0.15, 0.2) is 5.69 Å². The number of aryl methyl sites for hydroxylation is 1. The second kappa shape index (κ2) is 6.53. The summed E-state index contributed by atoms with van der Waals surface area (Å²) in [5.74, 6) is -0.401. The summed E-state index contributed by atoms with van der Waals surface area (Å²) in [4.78, 5) is 16.3. The third kappa shape index (κ3) is 3.40. The third-order valence-corrected chi connectivity index (χ3v) is 4.02. The van der Waals surface area contributed by atoms with E-state index in [1.165, 1.54) is 16.9 Å². The first kappa shape index (κ1) is 14.5. The Kier molecular flexibility index (Phi) is 4.29. The van der Waals surface area contributed by atoms with Gasteiger partial charge in [-0.3, -0.25) is 4.68 Å². The van der Waals surface area contributed by atoms with Gasteiger partial charge in [-0.05, 0) is 13.0 Å². The van der Waals surface area contributed by atoms with Gasteiger partial charge in [-0.2, -0.15) is 5.10 Å². The maximum atomic E-state index is 12.0. The van der Waals surface area contributed by atoms with Gasteiger partial charge in [0.25, 0.3) is 0 Å². The fourth-order valence-corrected chi connectivity index (χ4v) is 2.73. The van der Waals surface area contributed by atoms with Crippen molar-refractivity contribution in [3.8, 4) is 10.6 Å². The Labute approximate surface area is 132 Å². The first-order chi connectivity index (χ1) is 10.7. The monoisotopic (exact) mass is 313 g/mol. The van der Waals surface area contributed by atoms with Crippen molar-refractivity contribution in [2.24, 2.45) is 0 Å². The number of hydrogen-bond acceptors (Lipinski definition) is 5. The number of carbonyl (C=O) groups is 1. The molecule has 0 saturated carbocycles. The number of hydrogen-bond donors (Lipinski definition) is 0. The van der Waals surface area contributed by atoms with Gasteiger partial charge in [-0.25, -0.2) is 9.78 Å². The lowest BCUT2D eigenvalue weighted by atomic mass is 10.2. The van der Waals surface area contributed by atoms with Crippen molar-refractivity contribution >= 4 is 17.3 Å². The standard InChI is InChI=1S/C16H15N3O2S/c1-12-3-5-13(6-4-12)15-18-14(11-22-15)16(20)21-10-9-19-8-2-7-17-19/h2-8,11H,9-10H2,1H3. The second-order valence-electron chi connectivity index (χ2n) is 4.81. The van der Waals surface area contributed by atoms with Gasteiger partial charge in [0, 0.05) is 23.3 Å². The minimum absolute atomic E-state index is 0.276. The molecule has 1 aromatic carbocycles. The van der Waals surface area contributed by atoms with Crippen LogP contribution in [-0.2, 0) is 11.3 Å². The zero-order valence-electron chi connectivity index (χ0n) is 12.1. The number of esters is 1. The molecule has 3 rings (SSSR count). The van der Waals surface area contributed by atoms with Gasteiger partial charge in [-0.1, -0.05) is 29.8 Å². The molecular formula is C16H15N3O2S. The van der Waals surface area contributed by atoms with Crippen molar-refractivity contribution in [2.45, 2.75) is 13.5 Å². The number of rotatable bonds is 5. The third-order valence-electron chi connectivity index (χ3n) is 3.12. The van der Waals surface area contributed by atoms with Gasteiger partial charge >= 0.3 is 5.97 Å². The number of thiazole rings is 1. The minimum Gasteiger partial charge on any atom is -0.459 e. The van der Waals surface area contributed by atoms with Crippen LogP contribution in [-0.4, -0.2) is 27.3 Å². The van der Waals surface area contributed by atoms with Crippen LogP contribution in [0.15, 0.2) is 48.1 Å². The highest BCUT2D eigenvalue weighted by molar-refractivity contribution is 7.13. The molecular weight excluding hydrogens is 298 g/mol. The normalized spacial score (nSPS) is 10.6. The van der Waals surface area contributed by atoms with E-state index in [-0.39, 0.29) is 6.61 Å². The van der Waals surface area contributed by atoms with E-state index in [2.05, 4.69) is 10.1 Å². The lowest BCUT2D eigenvalue weighted by Gasteiger charge is -2.03. The molecule has 0 amide bonds. The number of nitrogens with zero attached hydrogens (tertiary/aromatic N) is 3. The molecule has 0 aliphatic carbocycles. The Hall–Kier alpha value is -2.47. The molecule has 0 aliphatic rings. The molecule has 22 heavy (non-hydrogen) atoms. The maximum absolute atomic E-state index is 12.0. The van der Waals surface area contributed by atoms with E-state index in [4.69, 9.17) is 4.74 Å². The van der Waals surface area contributed by atoms with E-state index in [1.54, 1.807) is 16.3 Å². The summed E-state index contributed by atoms with van der Waals surface area (Å²) in [5, 5.41) is 6.59. The highest BCUT2D eigenvalue weighted by Crippen LogP contribution is 2.24. The molecule has 2 heterocycles. The predicted octanol–water partition coefficient (Wildman–Crippen LogP) is 3.17. The fraction of sp³-hybridized carbons (Fsp3) is 0.188. The Morgan fingerprint density at radius 1 is 1.32 bits per heavy atom. The predicted molar refractivity (Wildman–Crippen MR) is 84.8 cm³/mol. The first-order valence-corrected chi connectivity index (χ1v) is 7.77. The lowest BCUT2D eigenvalue weighted by Crippen LogP contribution is -2.12. The van der Waals surface area contributed by atoms with Crippen LogP contribution in [0.5, 0.6) is 0 Å². The van der Waals surface area contributed by atoms with Gasteiger partial charge in [0.2, 0.25) is 0 Å². The van der Waals surface area contributed by atoms with Crippen LogP contribution in [0.25, 0.3) is 10.6 Å². The number of benzene rings is 1. The SMILES string of the molecule is Cc1ccc(-c2nc(C(=O)OCCn3cccn3)cs2)cc1. The van der Waals surface area contributed by atoms with E-state index in [0.29, 0.717) is 12.2 Å². The van der Waals surface area contributed by atoms with Crippen LogP contribution in [0.3, 0.4) is 0 Å². The quantitative estimate of drug-likeness (QED) is 0.679. The molecule has 0 spiro atoms. The van der Waals surface area contributed by atoms with E-state index in [1.807, 2.05) is 43.5 Å². The Balaban J connectivity index is 1.60. The number of ether oxygens (including phenoxy) is 1. The fourth-order valence-electron chi connectivity index (χ4n) is 1.93. The van der Waals surface area contributed by atoms with Crippen LogP contribution in [0.4, 0.5) is 0 Å². The molecule has 2 aromatic heterocycles. The van der Waals surface area contributed by atoms with E-state index in [0.717, 1.165) is 10.6 Å². The van der Waals surface area contributed by atoms with Crippen LogP contribution in [0, 0.1) is 6.92 Å². The van der Waals surface area contributed by atoms with Crippen molar-refractivity contribution in [3.05, 3.63) is 59.4 Å². The van der Waals surface area contributed by atoms with Crippen molar-refractivity contribution in [2.75, 3.05) is 6.61 Å². The van der Waals surface area contributed by atoms with Crippen LogP contribution >= 0.6 is 11.3 Å². The summed E-state index contributed by atoms with van der Waals surface area (Å²) >= 11 is 1.44. The second-order valence-corrected chi connectivity index (χ2v) is 5.67. The van der Waals surface area contributed by atoms with Crippen molar-refractivity contribution in [3.63, 3.8) is 0 Å². The molecule has 112 valence electrons. The molecule has 0 unspecified atom stereocenters. The van der Waals surface area contributed by atoms with Gasteiger partial charge in [0.1, 0.15) is 11.6 Å². The van der Waals surface area contributed by atoms with Crippen LogP contribution in [0.1, 0.15) is 16.1 Å². The summed E-state index contributed by atoms with van der Waals surface area (Å²) in [7, 11) is 0. The van der Waals surface area contributed by atoms with Crippen molar-refractivity contribution in [1.29, 1.82) is 0 Å². The molecule has 0 fully saturated rings. The average molecular weight is 313 g/mol. The summed E-state index contributed by atoms with van der Waals surface area (Å²) in [6.07, 6.45) is 3.52. The van der Waals surface area contributed by atoms with E-state index in [9.17, 15) is 4.79 Å².